The zero-order chi connectivity index (χ0) is 23.8. The van der Waals surface area contributed by atoms with Crippen LogP contribution in [-0.4, -0.2) is 55.0 Å². The van der Waals surface area contributed by atoms with Crippen molar-refractivity contribution in [1.82, 2.24) is 0 Å². The summed E-state index contributed by atoms with van der Waals surface area (Å²) in [6, 6.07) is 2.04. The van der Waals surface area contributed by atoms with Gasteiger partial charge in [-0.3, -0.25) is 0 Å². The molecule has 176 valence electrons. The lowest BCUT2D eigenvalue weighted by molar-refractivity contribution is -0.139. The number of rotatable bonds is 14. The third kappa shape index (κ3) is 18.8. The summed E-state index contributed by atoms with van der Waals surface area (Å²) in [5.41, 5.74) is 0.910. The van der Waals surface area contributed by atoms with Gasteiger partial charge in [0.1, 0.15) is 0 Å². The summed E-state index contributed by atoms with van der Waals surface area (Å²) in [4.78, 5) is 22.1. The van der Waals surface area contributed by atoms with Crippen LogP contribution in [0.15, 0.2) is 24.3 Å². The van der Waals surface area contributed by atoms with E-state index in [4.69, 9.17) is 18.3 Å². The van der Waals surface area contributed by atoms with Crippen molar-refractivity contribution in [2.24, 2.45) is 0 Å². The number of esters is 2. The topological polar surface area (TPSA) is 71.1 Å². The van der Waals surface area contributed by atoms with E-state index in [-0.39, 0.29) is 11.9 Å². The number of hydrogen-bond donors (Lipinski definition) is 0. The Morgan fingerprint density at radius 3 is 1.23 bits per heavy atom. The number of ether oxygens (including phenoxy) is 2. The van der Waals surface area contributed by atoms with Crippen LogP contribution in [0.4, 0.5) is 0 Å². The van der Waals surface area contributed by atoms with Gasteiger partial charge in [-0.15, -0.1) is 0 Å². The van der Waals surface area contributed by atoms with Gasteiger partial charge in [0.15, 0.2) is 16.6 Å². The van der Waals surface area contributed by atoms with Crippen molar-refractivity contribution in [3.8, 4) is 0 Å². The maximum atomic E-state index is 11.1. The molecule has 0 amide bonds. The molecule has 0 aliphatic carbocycles. The van der Waals surface area contributed by atoms with E-state index in [2.05, 4.69) is 39.3 Å². The van der Waals surface area contributed by atoms with Gasteiger partial charge in [0, 0.05) is 24.4 Å². The maximum absolute atomic E-state index is 11.1. The van der Waals surface area contributed by atoms with Crippen LogP contribution in [0.5, 0.6) is 0 Å². The van der Waals surface area contributed by atoms with Gasteiger partial charge in [-0.1, -0.05) is 13.2 Å². The molecule has 0 saturated heterocycles. The van der Waals surface area contributed by atoms with E-state index in [0.29, 0.717) is 24.4 Å². The van der Waals surface area contributed by atoms with E-state index in [1.54, 1.807) is 13.8 Å². The minimum atomic E-state index is -1.52. The summed E-state index contributed by atoms with van der Waals surface area (Å²) in [5.74, 6) is -0.600. The summed E-state index contributed by atoms with van der Waals surface area (Å²) in [5, 5.41) is 0. The molecule has 0 spiro atoms. The first-order chi connectivity index (χ1) is 13.8. The second kappa shape index (κ2) is 16.5. The Bertz CT molecular complexity index is 496. The average molecular weight is 461 g/mol. The first kappa shape index (κ1) is 31.0. The molecule has 0 saturated carbocycles. The van der Waals surface area contributed by atoms with E-state index >= 15 is 0 Å². The monoisotopic (exact) mass is 460 g/mol. The lowest BCUT2D eigenvalue weighted by atomic mass is 10.4. The molecule has 0 radical (unpaired) electrons. The molecule has 0 N–H and O–H groups in total. The lowest BCUT2D eigenvalue weighted by Crippen LogP contribution is -2.30. The smallest absolute Gasteiger partial charge is 0.333 e. The maximum Gasteiger partial charge on any atom is 0.333 e. The molecule has 0 aliphatic rings. The number of hydrogen-bond acceptors (Lipinski definition) is 6. The highest BCUT2D eigenvalue weighted by Gasteiger charge is 2.21. The molecule has 0 atom stereocenters. The minimum absolute atomic E-state index is 0.300. The Labute approximate surface area is 186 Å². The van der Waals surface area contributed by atoms with Crippen molar-refractivity contribution in [3.63, 3.8) is 0 Å². The van der Waals surface area contributed by atoms with Crippen molar-refractivity contribution in [2.45, 2.75) is 78.8 Å². The Hall–Kier alpha value is -1.23. The van der Waals surface area contributed by atoms with E-state index in [1.807, 2.05) is 13.8 Å². The van der Waals surface area contributed by atoms with Crippen molar-refractivity contribution >= 4 is 28.6 Å². The fourth-order valence-corrected chi connectivity index (χ4v) is 6.34. The van der Waals surface area contributed by atoms with Crippen LogP contribution in [0.3, 0.4) is 0 Å². The summed E-state index contributed by atoms with van der Waals surface area (Å²) in [6.07, 6.45) is 1.75. The van der Waals surface area contributed by atoms with Crippen molar-refractivity contribution in [3.05, 3.63) is 24.3 Å². The molecule has 0 heterocycles. The summed E-state index contributed by atoms with van der Waals surface area (Å²) in [6.45, 7) is 25.6. The van der Waals surface area contributed by atoms with Gasteiger partial charge in [-0.2, -0.15) is 0 Å². The van der Waals surface area contributed by atoms with Gasteiger partial charge in [0.25, 0.3) is 0 Å². The van der Waals surface area contributed by atoms with Crippen LogP contribution in [0.1, 0.15) is 40.5 Å². The number of carbonyl (C=O) groups excluding carboxylic acids is 2. The fourth-order valence-electron chi connectivity index (χ4n) is 2.50. The highest BCUT2D eigenvalue weighted by atomic mass is 28.4. The van der Waals surface area contributed by atoms with Crippen LogP contribution < -0.4 is 0 Å². The van der Waals surface area contributed by atoms with Crippen LogP contribution in [-0.2, 0) is 27.9 Å². The third-order valence-electron chi connectivity index (χ3n) is 4.08. The molecular weight excluding hydrogens is 416 g/mol. The lowest BCUT2D eigenvalue weighted by Gasteiger charge is -2.21. The van der Waals surface area contributed by atoms with Crippen LogP contribution in [0.2, 0.25) is 38.3 Å². The fraction of sp³-hybridized carbons (Fsp3) is 0.727. The SMILES string of the molecule is C=C(C)C(=O)OCCC[Si](C)(C)OCC.C=C(C)C(=O)OCCC[Si](C)(C)OCC. The van der Waals surface area contributed by atoms with Gasteiger partial charge in [-0.25, -0.2) is 9.59 Å². The second-order valence-corrected chi connectivity index (χ2v) is 17.0. The zero-order valence-corrected chi connectivity index (χ0v) is 22.5. The second-order valence-electron chi connectivity index (χ2n) is 8.43. The van der Waals surface area contributed by atoms with E-state index in [1.165, 1.54) is 0 Å². The third-order valence-corrected chi connectivity index (χ3v) is 9.34. The first-order valence-electron chi connectivity index (χ1n) is 10.7. The van der Waals surface area contributed by atoms with Gasteiger partial charge >= 0.3 is 11.9 Å². The molecule has 30 heavy (non-hydrogen) atoms. The molecule has 8 heteroatoms. The molecule has 0 bridgehead atoms. The Morgan fingerprint density at radius 1 is 0.700 bits per heavy atom. The van der Waals surface area contributed by atoms with Crippen molar-refractivity contribution < 1.29 is 27.9 Å². The molecule has 0 aromatic carbocycles. The predicted molar refractivity (Wildman–Crippen MR) is 129 cm³/mol. The van der Waals surface area contributed by atoms with E-state index in [0.717, 1.165) is 38.1 Å². The van der Waals surface area contributed by atoms with E-state index in [9.17, 15) is 9.59 Å². The van der Waals surface area contributed by atoms with Crippen molar-refractivity contribution in [2.75, 3.05) is 26.4 Å². The summed E-state index contributed by atoms with van der Waals surface area (Å²) in [7, 11) is -3.03. The van der Waals surface area contributed by atoms with Crippen molar-refractivity contribution in [1.29, 1.82) is 0 Å². The molecular formula is C22H44O6Si2. The van der Waals surface area contributed by atoms with Crippen LogP contribution >= 0.6 is 0 Å². The molecule has 0 aliphatic heterocycles. The normalized spacial score (nSPS) is 11.2. The predicted octanol–water partition coefficient (Wildman–Crippen LogP) is 5.47. The summed E-state index contributed by atoms with van der Waals surface area (Å²) >= 11 is 0. The highest BCUT2D eigenvalue weighted by Crippen LogP contribution is 2.14. The largest absolute Gasteiger partial charge is 0.462 e. The van der Waals surface area contributed by atoms with E-state index < -0.39 is 16.6 Å². The Balaban J connectivity index is 0. The molecule has 0 aromatic heterocycles. The van der Waals surface area contributed by atoms with Crippen LogP contribution in [0, 0.1) is 0 Å². The summed E-state index contributed by atoms with van der Waals surface area (Å²) < 4.78 is 21.3. The standard InChI is InChI=1S/2C11H22O3Si/c2*1-6-14-15(4,5)9-7-8-13-11(12)10(2)3/h2*2,6-9H2,1,3-5H3. The van der Waals surface area contributed by atoms with Crippen LogP contribution in [0.25, 0.3) is 0 Å². The molecule has 0 fully saturated rings. The molecule has 6 nitrogen and oxygen atoms in total. The Kier molecular flexibility index (Phi) is 17.0. The van der Waals surface area contributed by atoms with Gasteiger partial charge in [0.2, 0.25) is 0 Å². The zero-order valence-electron chi connectivity index (χ0n) is 20.5. The molecule has 0 unspecified atom stereocenters. The average Bonchev–Trinajstić information content (AvgIpc) is 2.62. The number of carbonyl (C=O) groups is 2. The molecule has 0 rings (SSSR count). The van der Waals surface area contributed by atoms with Gasteiger partial charge < -0.3 is 18.3 Å². The van der Waals surface area contributed by atoms with Gasteiger partial charge in [-0.05, 0) is 78.8 Å². The highest BCUT2D eigenvalue weighted by molar-refractivity contribution is 6.71. The van der Waals surface area contributed by atoms with Gasteiger partial charge in [0.05, 0.1) is 13.2 Å². The minimum Gasteiger partial charge on any atom is -0.462 e. The first-order valence-corrected chi connectivity index (χ1v) is 16.9. The molecule has 0 aromatic rings. The Morgan fingerprint density at radius 2 is 1.00 bits per heavy atom. The quantitative estimate of drug-likeness (QED) is 0.148.